The molecule has 1 fully saturated rings. The molecule has 1 saturated heterocycles. The predicted molar refractivity (Wildman–Crippen MR) is 129 cm³/mol. The van der Waals surface area contributed by atoms with Crippen molar-refractivity contribution in [3.05, 3.63) is 55.0 Å². The lowest BCUT2D eigenvalue weighted by Gasteiger charge is -2.32. The monoisotopic (exact) mass is 449 g/mol. The van der Waals surface area contributed by atoms with Crippen LogP contribution >= 0.6 is 0 Å². The van der Waals surface area contributed by atoms with Crippen molar-refractivity contribution in [1.82, 2.24) is 19.1 Å². The highest BCUT2D eigenvalue weighted by molar-refractivity contribution is 7.89. The molecule has 0 saturated carbocycles. The lowest BCUT2D eigenvalue weighted by Crippen LogP contribution is -2.42. The average Bonchev–Trinajstić information content (AvgIpc) is 3.19. The molecule has 2 aromatic carbocycles. The van der Waals surface area contributed by atoms with E-state index in [0.717, 1.165) is 51.3 Å². The van der Waals surface area contributed by atoms with E-state index in [9.17, 15) is 8.42 Å². The summed E-state index contributed by atoms with van der Waals surface area (Å²) in [6, 6.07) is 13.0. The Bertz CT molecular complexity index is 1390. The van der Waals surface area contributed by atoms with E-state index in [1.807, 2.05) is 36.4 Å². The van der Waals surface area contributed by atoms with Crippen LogP contribution in [0.2, 0.25) is 0 Å². The van der Waals surface area contributed by atoms with Crippen molar-refractivity contribution in [1.29, 1.82) is 0 Å². The maximum absolute atomic E-state index is 12.2. The molecule has 5 rings (SSSR count). The Hall–Kier alpha value is -2.97. The number of sulfonamides is 1. The lowest BCUT2D eigenvalue weighted by atomic mass is 9.98. The summed E-state index contributed by atoms with van der Waals surface area (Å²) in [5, 5.41) is 11.4. The van der Waals surface area contributed by atoms with Crippen molar-refractivity contribution < 1.29 is 8.42 Å². The number of nitrogens with one attached hydrogen (secondary N) is 1. The van der Waals surface area contributed by atoms with Gasteiger partial charge in [0.05, 0.1) is 17.5 Å². The number of pyridine rings is 1. The van der Waals surface area contributed by atoms with Gasteiger partial charge in [0.15, 0.2) is 0 Å². The maximum atomic E-state index is 12.2. The third-order valence-electron chi connectivity index (χ3n) is 6.41. The Morgan fingerprint density at radius 1 is 1.03 bits per heavy atom. The molecule has 0 bridgehead atoms. The summed E-state index contributed by atoms with van der Waals surface area (Å²) in [6.45, 7) is 2.81. The van der Waals surface area contributed by atoms with E-state index in [1.54, 1.807) is 11.2 Å². The molecule has 1 N–H and O–H groups in total. The van der Waals surface area contributed by atoms with Gasteiger partial charge in [-0.3, -0.25) is 9.67 Å². The summed E-state index contributed by atoms with van der Waals surface area (Å²) in [5.74, 6) is 0.157. The predicted octanol–water partition coefficient (Wildman–Crippen LogP) is 4.01. The molecule has 0 aliphatic carbocycles. The maximum Gasteiger partial charge on any atom is 0.213 e. The molecule has 0 radical (unpaired) electrons. The van der Waals surface area contributed by atoms with Gasteiger partial charge in [0.2, 0.25) is 10.0 Å². The summed E-state index contributed by atoms with van der Waals surface area (Å²) in [7, 11) is -1.17. The smallest absolute Gasteiger partial charge is 0.213 e. The van der Waals surface area contributed by atoms with Gasteiger partial charge in [0.1, 0.15) is 0 Å². The fourth-order valence-corrected chi connectivity index (χ4v) is 5.62. The van der Waals surface area contributed by atoms with Crippen molar-refractivity contribution in [2.24, 2.45) is 7.05 Å². The van der Waals surface area contributed by atoms with E-state index in [0.29, 0.717) is 13.1 Å². The van der Waals surface area contributed by atoms with Crippen LogP contribution in [-0.4, -0.2) is 52.4 Å². The Kier molecular flexibility index (Phi) is 5.35. The number of benzene rings is 2. The first-order valence-corrected chi connectivity index (χ1v) is 12.6. The third-order valence-corrected chi connectivity index (χ3v) is 8.29. The van der Waals surface area contributed by atoms with E-state index < -0.39 is 10.0 Å². The molecule has 7 nitrogen and oxygen atoms in total. The van der Waals surface area contributed by atoms with Gasteiger partial charge in [-0.1, -0.05) is 12.1 Å². The number of hydrogen-bond donors (Lipinski definition) is 1. The third kappa shape index (κ3) is 3.84. The molecule has 32 heavy (non-hydrogen) atoms. The number of aryl methyl sites for hydroxylation is 1. The van der Waals surface area contributed by atoms with Crippen molar-refractivity contribution >= 4 is 37.4 Å². The quantitative estimate of drug-likeness (QED) is 0.498. The highest BCUT2D eigenvalue weighted by Gasteiger charge is 2.27. The first-order valence-electron chi connectivity index (χ1n) is 11.0. The molecular formula is C24H27N5O2S. The summed E-state index contributed by atoms with van der Waals surface area (Å²) in [5.41, 5.74) is 4.39. The number of aromatic nitrogens is 3. The lowest BCUT2D eigenvalue weighted by molar-refractivity contribution is 0.330. The van der Waals surface area contributed by atoms with Crippen LogP contribution in [0.15, 0.2) is 55.0 Å². The Balaban J connectivity index is 1.47. The van der Waals surface area contributed by atoms with Crippen LogP contribution in [0, 0.1) is 0 Å². The summed E-state index contributed by atoms with van der Waals surface area (Å²) in [4.78, 5) is 4.33. The minimum absolute atomic E-state index is 0.157. The molecule has 3 heterocycles. The number of rotatable bonds is 5. The van der Waals surface area contributed by atoms with E-state index in [-0.39, 0.29) is 11.8 Å². The van der Waals surface area contributed by atoms with Gasteiger partial charge in [-0.05, 0) is 60.5 Å². The standard InChI is InChI=1S/C24H27N5O2S/c1-3-32(30,31)29-10-7-21(8-11-29)27-23-13-20(12-18-6-9-25-16-22(18)23)17-4-5-19-15-26-28(2)24(19)14-17/h4-6,9,12-16,21,27H,3,7-8,10-11H2,1-2H3. The number of anilines is 1. The van der Waals surface area contributed by atoms with Gasteiger partial charge in [-0.15, -0.1) is 0 Å². The first kappa shape index (κ1) is 20.9. The fourth-order valence-electron chi connectivity index (χ4n) is 4.49. The van der Waals surface area contributed by atoms with Crippen LogP contribution in [0.3, 0.4) is 0 Å². The van der Waals surface area contributed by atoms with Crippen molar-refractivity contribution in [3.63, 3.8) is 0 Å². The minimum Gasteiger partial charge on any atom is -0.382 e. The zero-order chi connectivity index (χ0) is 22.3. The summed E-state index contributed by atoms with van der Waals surface area (Å²) < 4.78 is 27.9. The van der Waals surface area contributed by atoms with Gasteiger partial charge >= 0.3 is 0 Å². The average molecular weight is 450 g/mol. The molecule has 1 aliphatic heterocycles. The largest absolute Gasteiger partial charge is 0.382 e. The van der Waals surface area contributed by atoms with Crippen molar-refractivity contribution in [2.45, 2.75) is 25.8 Å². The van der Waals surface area contributed by atoms with Gasteiger partial charge in [-0.2, -0.15) is 5.10 Å². The normalized spacial score (nSPS) is 16.1. The summed E-state index contributed by atoms with van der Waals surface area (Å²) >= 11 is 0. The van der Waals surface area contributed by atoms with E-state index >= 15 is 0 Å². The van der Waals surface area contributed by atoms with Crippen molar-refractivity contribution in [3.8, 4) is 11.1 Å². The van der Waals surface area contributed by atoms with Crippen LogP contribution in [0.4, 0.5) is 5.69 Å². The molecule has 166 valence electrons. The topological polar surface area (TPSA) is 80.1 Å². The van der Waals surface area contributed by atoms with E-state index in [1.165, 1.54) is 0 Å². The highest BCUT2D eigenvalue weighted by atomic mass is 32.2. The molecule has 8 heteroatoms. The van der Waals surface area contributed by atoms with Crippen LogP contribution < -0.4 is 5.32 Å². The Morgan fingerprint density at radius 2 is 1.84 bits per heavy atom. The Labute approximate surface area is 188 Å². The molecule has 4 aromatic rings. The van der Waals surface area contributed by atoms with Gasteiger partial charge in [-0.25, -0.2) is 12.7 Å². The van der Waals surface area contributed by atoms with Crippen LogP contribution in [0.25, 0.3) is 32.8 Å². The van der Waals surface area contributed by atoms with Gasteiger partial charge in [0, 0.05) is 55.0 Å². The highest BCUT2D eigenvalue weighted by Crippen LogP contribution is 2.33. The fraction of sp³-hybridized carbons (Fsp3) is 0.333. The zero-order valence-electron chi connectivity index (χ0n) is 18.3. The molecule has 0 unspecified atom stereocenters. The molecule has 0 spiro atoms. The second-order valence-electron chi connectivity index (χ2n) is 8.38. The molecule has 0 atom stereocenters. The first-order chi connectivity index (χ1) is 15.4. The van der Waals surface area contributed by atoms with Gasteiger partial charge < -0.3 is 5.32 Å². The molecule has 2 aromatic heterocycles. The van der Waals surface area contributed by atoms with Crippen molar-refractivity contribution in [2.75, 3.05) is 24.2 Å². The molecule has 0 amide bonds. The van der Waals surface area contributed by atoms with Crippen LogP contribution in [-0.2, 0) is 17.1 Å². The molecule has 1 aliphatic rings. The van der Waals surface area contributed by atoms with E-state index in [2.05, 4.69) is 45.7 Å². The number of nitrogens with zero attached hydrogens (tertiary/aromatic N) is 4. The van der Waals surface area contributed by atoms with E-state index in [4.69, 9.17) is 0 Å². The van der Waals surface area contributed by atoms with Crippen LogP contribution in [0.5, 0.6) is 0 Å². The zero-order valence-corrected chi connectivity index (χ0v) is 19.1. The number of hydrogen-bond acceptors (Lipinski definition) is 5. The second-order valence-corrected chi connectivity index (χ2v) is 10.6. The number of piperidine rings is 1. The summed E-state index contributed by atoms with van der Waals surface area (Å²) in [6.07, 6.45) is 7.15. The minimum atomic E-state index is -3.12. The SMILES string of the molecule is CCS(=O)(=O)N1CCC(Nc2cc(-c3ccc4cnn(C)c4c3)cc3ccncc23)CC1. The van der Waals surface area contributed by atoms with Crippen LogP contribution in [0.1, 0.15) is 19.8 Å². The second kappa shape index (κ2) is 8.18. The number of fused-ring (bicyclic) bond motifs is 2. The molecular weight excluding hydrogens is 422 g/mol. The van der Waals surface area contributed by atoms with Gasteiger partial charge in [0.25, 0.3) is 0 Å². The Morgan fingerprint density at radius 3 is 2.62 bits per heavy atom.